The number of likely N-dealkylation sites (N-methyl/N-ethyl adjacent to an activating group) is 1. The van der Waals surface area contributed by atoms with Gasteiger partial charge in [0.15, 0.2) is 0 Å². The number of hydrogen-bond donors (Lipinski definition) is 1. The quantitative estimate of drug-likeness (QED) is 0.648. The fraction of sp³-hybridized carbons (Fsp3) is 1.00. The highest BCUT2D eigenvalue weighted by Crippen LogP contribution is 2.22. The van der Waals surface area contributed by atoms with E-state index in [1.54, 1.807) is 0 Å². The van der Waals surface area contributed by atoms with E-state index in [1.165, 1.54) is 0 Å². The van der Waals surface area contributed by atoms with Crippen LogP contribution in [0.25, 0.3) is 0 Å². The molecule has 3 heteroatoms. The first-order valence-electron chi connectivity index (χ1n) is 5.21. The van der Waals surface area contributed by atoms with E-state index in [0.717, 1.165) is 39.0 Å². The molecule has 0 aliphatic heterocycles. The Labute approximate surface area is 80.7 Å². The second kappa shape index (κ2) is 5.58. The van der Waals surface area contributed by atoms with Gasteiger partial charge < -0.3 is 9.84 Å². The molecule has 13 heavy (non-hydrogen) atoms. The molecule has 0 aromatic carbocycles. The van der Waals surface area contributed by atoms with Crippen LogP contribution in [0.3, 0.4) is 0 Å². The van der Waals surface area contributed by atoms with Crippen molar-refractivity contribution in [2.45, 2.75) is 38.3 Å². The van der Waals surface area contributed by atoms with Crippen molar-refractivity contribution in [2.75, 3.05) is 26.8 Å². The molecule has 2 atom stereocenters. The van der Waals surface area contributed by atoms with Crippen molar-refractivity contribution in [3.8, 4) is 0 Å². The molecule has 0 heterocycles. The highest BCUT2D eigenvalue weighted by molar-refractivity contribution is 4.83. The zero-order chi connectivity index (χ0) is 9.68. The van der Waals surface area contributed by atoms with Crippen LogP contribution in [-0.4, -0.2) is 49.0 Å². The molecule has 0 unspecified atom stereocenters. The summed E-state index contributed by atoms with van der Waals surface area (Å²) in [6, 6.07) is 0.362. The molecule has 0 bridgehead atoms. The summed E-state index contributed by atoms with van der Waals surface area (Å²) < 4.78 is 5.28. The predicted molar refractivity (Wildman–Crippen MR) is 52.8 cm³/mol. The fourth-order valence-corrected chi connectivity index (χ4v) is 1.95. The monoisotopic (exact) mass is 187 g/mol. The number of ether oxygens (including phenoxy) is 1. The fourth-order valence-electron chi connectivity index (χ4n) is 1.95. The minimum absolute atomic E-state index is 0.119. The van der Waals surface area contributed by atoms with E-state index >= 15 is 0 Å². The van der Waals surface area contributed by atoms with Crippen molar-refractivity contribution < 1.29 is 9.84 Å². The van der Waals surface area contributed by atoms with Gasteiger partial charge in [-0.15, -0.1) is 0 Å². The smallest absolute Gasteiger partial charge is 0.0695 e. The lowest BCUT2D eigenvalue weighted by Crippen LogP contribution is -2.39. The molecule has 1 fully saturated rings. The maximum atomic E-state index is 9.63. The van der Waals surface area contributed by atoms with Crippen LogP contribution in [0.5, 0.6) is 0 Å². The first kappa shape index (κ1) is 11.0. The molecular weight excluding hydrogens is 166 g/mol. The van der Waals surface area contributed by atoms with Crippen LogP contribution in [0.15, 0.2) is 0 Å². The average molecular weight is 187 g/mol. The van der Waals surface area contributed by atoms with Crippen LogP contribution in [0, 0.1) is 0 Å². The minimum atomic E-state index is -0.119. The van der Waals surface area contributed by atoms with Gasteiger partial charge in [-0.2, -0.15) is 0 Å². The van der Waals surface area contributed by atoms with Crippen molar-refractivity contribution >= 4 is 0 Å². The first-order chi connectivity index (χ1) is 6.25. The van der Waals surface area contributed by atoms with Crippen LogP contribution in [0.1, 0.15) is 26.2 Å². The molecule has 1 N–H and O–H groups in total. The molecule has 1 saturated carbocycles. The number of nitrogens with zero attached hydrogens (tertiary/aromatic N) is 1. The summed E-state index contributed by atoms with van der Waals surface area (Å²) >= 11 is 0. The lowest BCUT2D eigenvalue weighted by atomic mass is 10.2. The van der Waals surface area contributed by atoms with Gasteiger partial charge in [-0.05, 0) is 33.2 Å². The Hall–Kier alpha value is -0.120. The van der Waals surface area contributed by atoms with Gasteiger partial charge in [-0.3, -0.25) is 4.90 Å². The normalized spacial score (nSPS) is 28.6. The Kier molecular flexibility index (Phi) is 4.70. The van der Waals surface area contributed by atoms with Crippen molar-refractivity contribution in [3.63, 3.8) is 0 Å². The number of aliphatic hydroxyl groups is 1. The van der Waals surface area contributed by atoms with Gasteiger partial charge in [0.25, 0.3) is 0 Å². The van der Waals surface area contributed by atoms with Crippen LogP contribution < -0.4 is 0 Å². The maximum absolute atomic E-state index is 9.63. The zero-order valence-corrected chi connectivity index (χ0v) is 8.70. The Morgan fingerprint density at radius 1 is 1.46 bits per heavy atom. The molecule has 1 rings (SSSR count). The van der Waals surface area contributed by atoms with Crippen LogP contribution in [-0.2, 0) is 4.74 Å². The maximum Gasteiger partial charge on any atom is 0.0695 e. The van der Waals surface area contributed by atoms with Crippen molar-refractivity contribution in [3.05, 3.63) is 0 Å². The predicted octanol–water partition coefficient (Wildman–Crippen LogP) is 0.868. The first-order valence-corrected chi connectivity index (χ1v) is 5.21. The molecule has 0 radical (unpaired) electrons. The molecular formula is C10H21NO2. The van der Waals surface area contributed by atoms with Gasteiger partial charge in [0.05, 0.1) is 12.7 Å². The van der Waals surface area contributed by atoms with Crippen molar-refractivity contribution in [2.24, 2.45) is 0 Å². The van der Waals surface area contributed by atoms with Gasteiger partial charge in [0.2, 0.25) is 0 Å². The molecule has 0 aromatic rings. The molecule has 0 spiro atoms. The minimum Gasteiger partial charge on any atom is -0.391 e. The summed E-state index contributed by atoms with van der Waals surface area (Å²) in [5, 5.41) is 9.63. The van der Waals surface area contributed by atoms with E-state index in [1.807, 2.05) is 6.92 Å². The SMILES string of the molecule is CCOCCN(C)[C@H]1CCC[C@@H]1O. The Morgan fingerprint density at radius 3 is 2.77 bits per heavy atom. The second-order valence-electron chi connectivity index (χ2n) is 3.74. The third-order valence-electron chi connectivity index (χ3n) is 2.80. The van der Waals surface area contributed by atoms with Gasteiger partial charge in [0.1, 0.15) is 0 Å². The molecule has 0 aromatic heterocycles. The lowest BCUT2D eigenvalue weighted by Gasteiger charge is -2.26. The number of aliphatic hydroxyl groups excluding tert-OH is 1. The highest BCUT2D eigenvalue weighted by atomic mass is 16.5. The zero-order valence-electron chi connectivity index (χ0n) is 8.70. The summed E-state index contributed by atoms with van der Waals surface area (Å²) in [6.45, 7) is 4.48. The summed E-state index contributed by atoms with van der Waals surface area (Å²) in [4.78, 5) is 2.22. The molecule has 3 nitrogen and oxygen atoms in total. The van der Waals surface area contributed by atoms with E-state index in [0.29, 0.717) is 6.04 Å². The van der Waals surface area contributed by atoms with E-state index in [4.69, 9.17) is 4.74 Å². The standard InChI is InChI=1S/C10H21NO2/c1-3-13-8-7-11(2)9-5-4-6-10(9)12/h9-10,12H,3-8H2,1-2H3/t9-,10-/m0/s1. The van der Waals surface area contributed by atoms with Gasteiger partial charge >= 0.3 is 0 Å². The molecule has 0 saturated heterocycles. The van der Waals surface area contributed by atoms with Gasteiger partial charge in [-0.25, -0.2) is 0 Å². The topological polar surface area (TPSA) is 32.7 Å². The Morgan fingerprint density at radius 2 is 2.23 bits per heavy atom. The van der Waals surface area contributed by atoms with Gasteiger partial charge in [0, 0.05) is 19.2 Å². The van der Waals surface area contributed by atoms with E-state index in [-0.39, 0.29) is 6.10 Å². The number of rotatable bonds is 5. The Balaban J connectivity index is 2.18. The van der Waals surface area contributed by atoms with E-state index in [9.17, 15) is 5.11 Å². The second-order valence-corrected chi connectivity index (χ2v) is 3.74. The summed E-state index contributed by atoms with van der Waals surface area (Å²) in [7, 11) is 2.07. The third kappa shape index (κ3) is 3.25. The van der Waals surface area contributed by atoms with Crippen LogP contribution in [0.4, 0.5) is 0 Å². The highest BCUT2D eigenvalue weighted by Gasteiger charge is 2.28. The summed E-state index contributed by atoms with van der Waals surface area (Å²) in [5.74, 6) is 0. The van der Waals surface area contributed by atoms with Gasteiger partial charge in [-0.1, -0.05) is 0 Å². The molecule has 1 aliphatic carbocycles. The number of hydrogen-bond acceptors (Lipinski definition) is 3. The largest absolute Gasteiger partial charge is 0.391 e. The van der Waals surface area contributed by atoms with Crippen LogP contribution in [0.2, 0.25) is 0 Å². The van der Waals surface area contributed by atoms with Crippen molar-refractivity contribution in [1.82, 2.24) is 4.90 Å². The molecule has 1 aliphatic rings. The van der Waals surface area contributed by atoms with Crippen LogP contribution >= 0.6 is 0 Å². The van der Waals surface area contributed by atoms with E-state index in [2.05, 4.69) is 11.9 Å². The Bertz CT molecular complexity index is 141. The summed E-state index contributed by atoms with van der Waals surface area (Å²) in [6.07, 6.45) is 3.13. The lowest BCUT2D eigenvalue weighted by molar-refractivity contribution is 0.0591. The third-order valence-corrected chi connectivity index (χ3v) is 2.80. The average Bonchev–Trinajstić information content (AvgIpc) is 2.52. The van der Waals surface area contributed by atoms with E-state index < -0.39 is 0 Å². The summed E-state index contributed by atoms with van der Waals surface area (Å²) in [5.41, 5.74) is 0. The molecule has 78 valence electrons. The van der Waals surface area contributed by atoms with Crippen molar-refractivity contribution in [1.29, 1.82) is 0 Å². The molecule has 0 amide bonds.